The Balaban J connectivity index is 1.80. The molecule has 0 nitrogen and oxygen atoms in total. The highest BCUT2D eigenvalue weighted by atomic mass is 79.9. The van der Waals surface area contributed by atoms with Crippen molar-refractivity contribution in [3.63, 3.8) is 0 Å². The molecule has 0 aliphatic rings. The molecule has 2 heteroatoms. The monoisotopic (exact) mass is 350 g/mol. The predicted molar refractivity (Wildman–Crippen MR) is 91.8 cm³/mol. The summed E-state index contributed by atoms with van der Waals surface area (Å²) in [7, 11) is 0. The molecule has 0 fully saturated rings. The van der Waals surface area contributed by atoms with Crippen LogP contribution < -0.4 is 0 Å². The van der Waals surface area contributed by atoms with Crippen LogP contribution in [-0.4, -0.2) is 5.33 Å². The topological polar surface area (TPSA) is 0 Å². The molecular weight excluding hydrogens is 332 g/mol. The van der Waals surface area contributed by atoms with Gasteiger partial charge in [0.15, 0.2) is 0 Å². The lowest BCUT2D eigenvalue weighted by Crippen LogP contribution is -2.07. The average molecular weight is 352 g/mol. The number of hydrogen-bond donors (Lipinski definition) is 0. The molecule has 0 aliphatic heterocycles. The second-order valence-corrected chi connectivity index (χ2v) is 6.32. The Morgan fingerprint density at radius 2 is 1.70 bits per heavy atom. The highest BCUT2D eigenvalue weighted by Gasteiger charge is 2.08. The summed E-state index contributed by atoms with van der Waals surface area (Å²) in [6, 6.07) is 18.9. The van der Waals surface area contributed by atoms with Gasteiger partial charge in [0.25, 0.3) is 0 Å². The first kappa shape index (κ1) is 15.6. The molecule has 2 aromatic rings. The first-order chi connectivity index (χ1) is 9.78. The molecule has 0 amide bonds. The molecule has 0 heterocycles. The minimum Gasteiger partial charge on any atom is -0.0925 e. The highest BCUT2D eigenvalue weighted by molar-refractivity contribution is 9.09. The summed E-state index contributed by atoms with van der Waals surface area (Å²) in [4.78, 5) is 0. The minimum absolute atomic E-state index is 0.678. The molecule has 0 saturated heterocycles. The van der Waals surface area contributed by atoms with Gasteiger partial charge in [-0.2, -0.15) is 0 Å². The fourth-order valence-corrected chi connectivity index (χ4v) is 3.24. The summed E-state index contributed by atoms with van der Waals surface area (Å²) in [6.07, 6.45) is 4.74. The van der Waals surface area contributed by atoms with Gasteiger partial charge in [-0.1, -0.05) is 70.0 Å². The number of rotatable bonds is 7. The van der Waals surface area contributed by atoms with E-state index in [1.54, 1.807) is 0 Å². The lowest BCUT2D eigenvalue weighted by molar-refractivity contribution is 0.518. The average Bonchev–Trinajstić information content (AvgIpc) is 2.47. The van der Waals surface area contributed by atoms with Crippen molar-refractivity contribution in [2.75, 3.05) is 5.33 Å². The normalized spacial score (nSPS) is 12.3. The maximum Gasteiger partial charge on any atom is 0.0408 e. The fraction of sp³-hybridized carbons (Fsp3) is 0.333. The molecule has 0 N–H and O–H groups in total. The van der Waals surface area contributed by atoms with Crippen molar-refractivity contribution < 1.29 is 0 Å². The van der Waals surface area contributed by atoms with E-state index >= 15 is 0 Å². The first-order valence-corrected chi connectivity index (χ1v) is 8.62. The molecule has 20 heavy (non-hydrogen) atoms. The van der Waals surface area contributed by atoms with Crippen LogP contribution in [-0.2, 0) is 12.8 Å². The van der Waals surface area contributed by atoms with Gasteiger partial charge in [-0.05, 0) is 54.9 Å². The third-order valence-electron chi connectivity index (χ3n) is 3.55. The zero-order valence-corrected chi connectivity index (χ0v) is 13.9. The van der Waals surface area contributed by atoms with Gasteiger partial charge in [-0.25, -0.2) is 0 Å². The second kappa shape index (κ2) is 8.49. The quantitative estimate of drug-likeness (QED) is 0.543. The van der Waals surface area contributed by atoms with E-state index < -0.39 is 0 Å². The van der Waals surface area contributed by atoms with Crippen molar-refractivity contribution in [2.45, 2.75) is 25.7 Å². The molecule has 0 spiro atoms. The van der Waals surface area contributed by atoms with Crippen LogP contribution in [0.3, 0.4) is 0 Å². The summed E-state index contributed by atoms with van der Waals surface area (Å²) in [5.74, 6) is 0.678. The van der Waals surface area contributed by atoms with Crippen molar-refractivity contribution in [3.05, 3.63) is 70.7 Å². The van der Waals surface area contributed by atoms with Gasteiger partial charge in [0.2, 0.25) is 0 Å². The molecule has 0 aromatic heterocycles. The van der Waals surface area contributed by atoms with Crippen LogP contribution in [0, 0.1) is 5.92 Å². The third-order valence-corrected chi connectivity index (χ3v) is 4.70. The van der Waals surface area contributed by atoms with E-state index in [9.17, 15) is 0 Å². The Hall–Kier alpha value is -0.790. The van der Waals surface area contributed by atoms with Gasteiger partial charge in [-0.3, -0.25) is 0 Å². The molecule has 0 aliphatic carbocycles. The number of aryl methyl sites for hydroxylation is 1. The summed E-state index contributed by atoms with van der Waals surface area (Å²) in [5.41, 5.74) is 2.77. The van der Waals surface area contributed by atoms with E-state index in [4.69, 9.17) is 11.6 Å². The van der Waals surface area contributed by atoms with Crippen LogP contribution in [0.2, 0.25) is 5.02 Å². The Bertz CT molecular complexity index is 510. The standard InChI is InChI=1S/C18H20BrCl/c19-14-17(12-16-9-5-11-18(20)13-16)10-4-8-15-6-2-1-3-7-15/h1-3,5-7,9,11,13,17H,4,8,10,12,14H2. The molecule has 2 aromatic carbocycles. The van der Waals surface area contributed by atoms with E-state index in [1.807, 2.05) is 12.1 Å². The van der Waals surface area contributed by atoms with Crippen molar-refractivity contribution in [1.82, 2.24) is 0 Å². The Labute approximate surface area is 135 Å². The third kappa shape index (κ3) is 5.30. The molecular formula is C18H20BrCl. The minimum atomic E-state index is 0.678. The van der Waals surface area contributed by atoms with Crippen molar-refractivity contribution in [2.24, 2.45) is 5.92 Å². The summed E-state index contributed by atoms with van der Waals surface area (Å²) < 4.78 is 0. The van der Waals surface area contributed by atoms with Crippen molar-refractivity contribution >= 4 is 27.5 Å². The zero-order valence-electron chi connectivity index (χ0n) is 11.6. The van der Waals surface area contributed by atoms with E-state index in [2.05, 4.69) is 58.4 Å². The predicted octanol–water partition coefficient (Wildman–Crippen LogP) is 5.92. The van der Waals surface area contributed by atoms with Crippen LogP contribution in [0.5, 0.6) is 0 Å². The molecule has 0 saturated carbocycles. The van der Waals surface area contributed by atoms with E-state index in [0.29, 0.717) is 5.92 Å². The maximum absolute atomic E-state index is 6.04. The molecule has 1 atom stereocenters. The summed E-state index contributed by atoms with van der Waals surface area (Å²) in [6.45, 7) is 0. The Morgan fingerprint density at radius 1 is 0.950 bits per heavy atom. The van der Waals surface area contributed by atoms with Gasteiger partial charge >= 0.3 is 0 Å². The second-order valence-electron chi connectivity index (χ2n) is 5.23. The van der Waals surface area contributed by atoms with E-state index in [1.165, 1.54) is 30.4 Å². The molecule has 1 unspecified atom stereocenters. The Morgan fingerprint density at radius 3 is 2.40 bits per heavy atom. The maximum atomic E-state index is 6.04. The Kier molecular flexibility index (Phi) is 6.62. The largest absolute Gasteiger partial charge is 0.0925 e. The van der Waals surface area contributed by atoms with Crippen LogP contribution in [0.4, 0.5) is 0 Å². The fourth-order valence-electron chi connectivity index (χ4n) is 2.47. The molecule has 2 rings (SSSR count). The van der Waals surface area contributed by atoms with Gasteiger partial charge in [0.1, 0.15) is 0 Å². The van der Waals surface area contributed by atoms with Gasteiger partial charge < -0.3 is 0 Å². The zero-order chi connectivity index (χ0) is 14.2. The van der Waals surface area contributed by atoms with E-state index in [0.717, 1.165) is 16.8 Å². The number of benzene rings is 2. The van der Waals surface area contributed by atoms with Crippen LogP contribution in [0.1, 0.15) is 24.0 Å². The lowest BCUT2D eigenvalue weighted by Gasteiger charge is -2.14. The summed E-state index contributed by atoms with van der Waals surface area (Å²) >= 11 is 9.69. The molecule has 0 radical (unpaired) electrons. The lowest BCUT2D eigenvalue weighted by atomic mass is 9.95. The van der Waals surface area contributed by atoms with Crippen LogP contribution in [0.15, 0.2) is 54.6 Å². The molecule has 106 valence electrons. The molecule has 0 bridgehead atoms. The van der Waals surface area contributed by atoms with Crippen LogP contribution in [0.25, 0.3) is 0 Å². The first-order valence-electron chi connectivity index (χ1n) is 7.12. The van der Waals surface area contributed by atoms with Gasteiger partial charge in [0, 0.05) is 10.4 Å². The number of alkyl halides is 1. The van der Waals surface area contributed by atoms with Crippen molar-refractivity contribution in [3.8, 4) is 0 Å². The SMILES string of the molecule is Clc1cccc(CC(CBr)CCCc2ccccc2)c1. The van der Waals surface area contributed by atoms with Gasteiger partial charge in [-0.15, -0.1) is 0 Å². The van der Waals surface area contributed by atoms with Gasteiger partial charge in [0.05, 0.1) is 0 Å². The smallest absolute Gasteiger partial charge is 0.0408 e. The van der Waals surface area contributed by atoms with E-state index in [-0.39, 0.29) is 0 Å². The van der Waals surface area contributed by atoms with Crippen LogP contribution >= 0.6 is 27.5 Å². The number of hydrogen-bond acceptors (Lipinski definition) is 0. The summed E-state index contributed by atoms with van der Waals surface area (Å²) in [5, 5.41) is 1.88. The highest BCUT2D eigenvalue weighted by Crippen LogP contribution is 2.20. The number of halogens is 2. The van der Waals surface area contributed by atoms with Crippen molar-refractivity contribution in [1.29, 1.82) is 0 Å².